The van der Waals surface area contributed by atoms with Gasteiger partial charge in [0.25, 0.3) is 5.91 Å². The highest BCUT2D eigenvalue weighted by Crippen LogP contribution is 2.32. The van der Waals surface area contributed by atoms with Crippen molar-refractivity contribution in [2.45, 2.75) is 6.54 Å². The molecule has 0 saturated heterocycles. The first-order chi connectivity index (χ1) is 14.6. The fraction of sp³-hybridized carbons (Fsp3) is 0.0833. The molecule has 0 N–H and O–H groups in total. The Labute approximate surface area is 184 Å². The lowest BCUT2D eigenvalue weighted by atomic mass is 10.2. The number of thiazole rings is 1. The van der Waals surface area contributed by atoms with Gasteiger partial charge in [0.2, 0.25) is 0 Å². The highest BCUT2D eigenvalue weighted by atomic mass is 35.5. The summed E-state index contributed by atoms with van der Waals surface area (Å²) in [6.07, 6.45) is 3.27. The van der Waals surface area contributed by atoms with Gasteiger partial charge in [0.15, 0.2) is 5.13 Å². The Balaban J connectivity index is 1.69. The van der Waals surface area contributed by atoms with E-state index < -0.39 is 0 Å². The molecule has 0 aliphatic rings. The second kappa shape index (κ2) is 9.11. The van der Waals surface area contributed by atoms with Gasteiger partial charge < -0.3 is 4.74 Å². The van der Waals surface area contributed by atoms with E-state index in [1.165, 1.54) is 17.4 Å². The van der Waals surface area contributed by atoms with E-state index in [1.807, 2.05) is 66.7 Å². The van der Waals surface area contributed by atoms with Crippen LogP contribution in [-0.2, 0) is 11.3 Å². The van der Waals surface area contributed by atoms with Gasteiger partial charge in [-0.3, -0.25) is 9.69 Å². The average Bonchev–Trinajstić information content (AvgIpc) is 3.20. The molecule has 0 unspecified atom stereocenters. The molecule has 0 atom stereocenters. The van der Waals surface area contributed by atoms with Gasteiger partial charge in [-0.05, 0) is 41.5 Å². The van der Waals surface area contributed by atoms with Gasteiger partial charge >= 0.3 is 0 Å². The fourth-order valence-electron chi connectivity index (χ4n) is 3.00. The van der Waals surface area contributed by atoms with E-state index in [2.05, 4.69) is 4.98 Å². The van der Waals surface area contributed by atoms with E-state index in [4.69, 9.17) is 16.3 Å². The van der Waals surface area contributed by atoms with Crippen LogP contribution in [0, 0.1) is 0 Å². The summed E-state index contributed by atoms with van der Waals surface area (Å²) in [6.45, 7) is 0.420. The molecule has 3 aromatic carbocycles. The Morgan fingerprint density at radius 1 is 1.10 bits per heavy atom. The van der Waals surface area contributed by atoms with Crippen molar-refractivity contribution < 1.29 is 9.53 Å². The summed E-state index contributed by atoms with van der Waals surface area (Å²) >= 11 is 7.68. The second-order valence-corrected chi connectivity index (χ2v) is 8.01. The molecular weight excluding hydrogens is 416 g/mol. The molecule has 4 aromatic rings. The Morgan fingerprint density at radius 2 is 1.87 bits per heavy atom. The number of nitrogens with zero attached hydrogens (tertiary/aromatic N) is 2. The van der Waals surface area contributed by atoms with Crippen molar-refractivity contribution in [2.75, 3.05) is 12.0 Å². The minimum Gasteiger partial charge on any atom is -0.497 e. The van der Waals surface area contributed by atoms with Crippen molar-refractivity contribution in [3.63, 3.8) is 0 Å². The first-order valence-corrected chi connectivity index (χ1v) is 10.6. The van der Waals surface area contributed by atoms with E-state index in [1.54, 1.807) is 24.2 Å². The molecule has 0 aliphatic heterocycles. The van der Waals surface area contributed by atoms with Crippen LogP contribution in [0.3, 0.4) is 0 Å². The number of ether oxygens (including phenoxy) is 1. The van der Waals surface area contributed by atoms with E-state index in [9.17, 15) is 4.79 Å². The minimum absolute atomic E-state index is 0.162. The third-order valence-corrected chi connectivity index (χ3v) is 5.96. The largest absolute Gasteiger partial charge is 0.497 e. The number of halogens is 1. The normalized spacial score (nSPS) is 11.1. The number of hydrogen-bond acceptors (Lipinski definition) is 4. The predicted molar refractivity (Wildman–Crippen MR) is 124 cm³/mol. The fourth-order valence-corrected chi connectivity index (χ4v) is 4.20. The van der Waals surface area contributed by atoms with Crippen LogP contribution in [0.4, 0.5) is 5.13 Å². The summed E-state index contributed by atoms with van der Waals surface area (Å²) in [5.74, 6) is 0.599. The van der Waals surface area contributed by atoms with Gasteiger partial charge in [-0.25, -0.2) is 4.98 Å². The smallest absolute Gasteiger partial charge is 0.253 e. The number of methoxy groups -OCH3 is 1. The monoisotopic (exact) mass is 434 g/mol. The summed E-state index contributed by atoms with van der Waals surface area (Å²) < 4.78 is 6.27. The first-order valence-electron chi connectivity index (χ1n) is 9.36. The molecule has 6 heteroatoms. The molecule has 0 fully saturated rings. The molecule has 4 nitrogen and oxygen atoms in total. The van der Waals surface area contributed by atoms with Crippen LogP contribution in [0.25, 0.3) is 16.3 Å². The summed E-state index contributed by atoms with van der Waals surface area (Å²) in [4.78, 5) is 19.5. The van der Waals surface area contributed by atoms with Crippen LogP contribution < -0.4 is 9.64 Å². The molecule has 0 aliphatic carbocycles. The van der Waals surface area contributed by atoms with E-state index >= 15 is 0 Å². The summed E-state index contributed by atoms with van der Waals surface area (Å²) in [5.41, 5.74) is 2.65. The summed E-state index contributed by atoms with van der Waals surface area (Å²) in [6, 6.07) is 23.0. The molecule has 0 saturated carbocycles. The van der Waals surface area contributed by atoms with Crippen LogP contribution in [-0.4, -0.2) is 18.0 Å². The Kier molecular flexibility index (Phi) is 6.12. The maximum absolute atomic E-state index is 13.2. The van der Waals surface area contributed by atoms with Crippen molar-refractivity contribution in [1.29, 1.82) is 0 Å². The molecule has 30 heavy (non-hydrogen) atoms. The molecule has 0 radical (unpaired) electrons. The molecular formula is C24H19ClN2O2S. The molecule has 1 amide bonds. The van der Waals surface area contributed by atoms with Crippen molar-refractivity contribution in [1.82, 2.24) is 4.98 Å². The molecule has 1 aromatic heterocycles. The summed E-state index contributed by atoms with van der Waals surface area (Å²) in [5, 5.41) is 1.24. The van der Waals surface area contributed by atoms with E-state index in [0.717, 1.165) is 27.1 Å². The lowest BCUT2D eigenvalue weighted by Gasteiger charge is -2.18. The van der Waals surface area contributed by atoms with Gasteiger partial charge in [-0.1, -0.05) is 71.5 Å². The van der Waals surface area contributed by atoms with Gasteiger partial charge in [0.1, 0.15) is 5.75 Å². The number of hydrogen-bond donors (Lipinski definition) is 0. The molecule has 0 bridgehead atoms. The average molecular weight is 435 g/mol. The Hall–Kier alpha value is -3.15. The lowest BCUT2D eigenvalue weighted by molar-refractivity contribution is -0.114. The number of anilines is 1. The summed E-state index contributed by atoms with van der Waals surface area (Å²) in [7, 11) is 1.63. The van der Waals surface area contributed by atoms with Crippen molar-refractivity contribution in [3.05, 3.63) is 95.0 Å². The van der Waals surface area contributed by atoms with Gasteiger partial charge in [0.05, 0.1) is 23.9 Å². The zero-order chi connectivity index (χ0) is 20.9. The molecule has 0 spiro atoms. The number of fused-ring (bicyclic) bond motifs is 1. The maximum Gasteiger partial charge on any atom is 0.253 e. The van der Waals surface area contributed by atoms with Gasteiger partial charge in [0, 0.05) is 11.1 Å². The molecule has 1 heterocycles. The minimum atomic E-state index is -0.162. The zero-order valence-corrected chi connectivity index (χ0v) is 17.9. The number of carbonyl (C=O) groups is 1. The van der Waals surface area contributed by atoms with Crippen molar-refractivity contribution >= 4 is 50.3 Å². The molecule has 150 valence electrons. The topological polar surface area (TPSA) is 42.4 Å². The number of aromatic nitrogens is 1. The van der Waals surface area contributed by atoms with Crippen LogP contribution in [0.2, 0.25) is 5.02 Å². The van der Waals surface area contributed by atoms with Crippen LogP contribution in [0.15, 0.2) is 78.9 Å². The number of carbonyl (C=O) groups excluding carboxylic acids is 1. The first kappa shape index (κ1) is 20.1. The second-order valence-electron chi connectivity index (χ2n) is 6.59. The third kappa shape index (κ3) is 4.53. The number of rotatable bonds is 6. The van der Waals surface area contributed by atoms with E-state index in [-0.39, 0.29) is 5.91 Å². The van der Waals surface area contributed by atoms with Gasteiger partial charge in [-0.2, -0.15) is 0 Å². The maximum atomic E-state index is 13.2. The van der Waals surface area contributed by atoms with Crippen LogP contribution in [0.5, 0.6) is 5.75 Å². The predicted octanol–water partition coefficient (Wildman–Crippen LogP) is 6.20. The Morgan fingerprint density at radius 3 is 2.63 bits per heavy atom. The van der Waals surface area contributed by atoms with E-state index in [0.29, 0.717) is 16.7 Å². The quantitative estimate of drug-likeness (QED) is 0.339. The third-order valence-electron chi connectivity index (χ3n) is 4.58. The standard InChI is InChI=1S/C24H19ClN2O2S/c1-29-19-12-13-21-22(15-19)30-24(26-21)27(16-17-7-3-2-4-8-17)23(28)14-11-18-9-5-6-10-20(18)25/h2-15H,16H2,1H3/b14-11+. The van der Waals surface area contributed by atoms with Crippen molar-refractivity contribution in [2.24, 2.45) is 0 Å². The van der Waals surface area contributed by atoms with Crippen LogP contribution >= 0.6 is 22.9 Å². The lowest BCUT2D eigenvalue weighted by Crippen LogP contribution is -2.28. The Bertz CT molecular complexity index is 1200. The van der Waals surface area contributed by atoms with Crippen molar-refractivity contribution in [3.8, 4) is 5.75 Å². The highest BCUT2D eigenvalue weighted by molar-refractivity contribution is 7.22. The number of amides is 1. The van der Waals surface area contributed by atoms with Crippen LogP contribution in [0.1, 0.15) is 11.1 Å². The SMILES string of the molecule is COc1ccc2nc(N(Cc3ccccc3)C(=O)/C=C/c3ccccc3Cl)sc2c1. The zero-order valence-electron chi connectivity index (χ0n) is 16.3. The molecule has 4 rings (SSSR count). The van der Waals surface area contributed by atoms with Gasteiger partial charge in [-0.15, -0.1) is 0 Å². The number of benzene rings is 3. The highest BCUT2D eigenvalue weighted by Gasteiger charge is 2.19.